The summed E-state index contributed by atoms with van der Waals surface area (Å²) in [4.78, 5) is 38.4. The fraction of sp³-hybridized carbons (Fsp3) is 0.522. The summed E-state index contributed by atoms with van der Waals surface area (Å²) >= 11 is 0. The van der Waals surface area contributed by atoms with Crippen LogP contribution in [0.2, 0.25) is 0 Å². The Balaban J connectivity index is 1.23. The van der Waals surface area contributed by atoms with Gasteiger partial charge in [0.05, 0.1) is 35.5 Å². The molecule has 1 unspecified atom stereocenters. The van der Waals surface area contributed by atoms with Crippen molar-refractivity contribution in [1.82, 2.24) is 14.8 Å². The van der Waals surface area contributed by atoms with Crippen LogP contribution in [-0.4, -0.2) is 76.8 Å². The van der Waals surface area contributed by atoms with Gasteiger partial charge < -0.3 is 24.4 Å². The molecule has 0 bridgehead atoms. The number of fused-ring (bicyclic) bond motifs is 1. The quantitative estimate of drug-likeness (QED) is 0.820. The number of hydrogen-bond acceptors (Lipinski definition) is 5. The number of H-pyrrole nitrogens is 1. The van der Waals surface area contributed by atoms with Gasteiger partial charge >= 0.3 is 0 Å². The number of nitrogens with one attached hydrogen (secondary N) is 1. The molecule has 2 fully saturated rings. The van der Waals surface area contributed by atoms with Crippen LogP contribution >= 0.6 is 0 Å². The highest BCUT2D eigenvalue weighted by Crippen LogP contribution is 2.32. The number of carbonyl (C=O) groups is 2. The smallest absolute Gasteiger partial charge is 0.267 e. The van der Waals surface area contributed by atoms with E-state index < -0.39 is 11.7 Å². The Morgan fingerprint density at radius 1 is 1.19 bits per heavy atom. The molecule has 8 nitrogen and oxygen atoms in total. The predicted molar refractivity (Wildman–Crippen MR) is 116 cm³/mol. The number of nitrogens with zero attached hydrogens (tertiary/aromatic N) is 3. The Labute approximate surface area is 181 Å². The van der Waals surface area contributed by atoms with Gasteiger partial charge in [0.15, 0.2) is 0 Å². The monoisotopic (exact) mass is 424 g/mol. The molecule has 4 heterocycles. The molecular formula is C23H28N4O4. The van der Waals surface area contributed by atoms with Gasteiger partial charge in [-0.3, -0.25) is 9.59 Å². The Hall–Kier alpha value is -2.87. The number of oxime groups is 1. The molecule has 2 aromatic rings. The van der Waals surface area contributed by atoms with E-state index in [4.69, 9.17) is 9.57 Å². The second-order valence-electron chi connectivity index (χ2n) is 8.64. The number of likely N-dealkylation sites (tertiary alicyclic amines) is 1. The zero-order valence-electron chi connectivity index (χ0n) is 17.8. The largest absolute Gasteiger partial charge is 0.382 e. The van der Waals surface area contributed by atoms with Gasteiger partial charge in [-0.2, -0.15) is 0 Å². The van der Waals surface area contributed by atoms with Gasteiger partial charge in [-0.25, -0.2) is 0 Å². The van der Waals surface area contributed by atoms with Crippen molar-refractivity contribution >= 4 is 28.4 Å². The van der Waals surface area contributed by atoms with E-state index in [-0.39, 0.29) is 11.8 Å². The summed E-state index contributed by atoms with van der Waals surface area (Å²) in [6.45, 7) is 4.86. The third-order valence-electron chi connectivity index (χ3n) is 6.75. The number of carbonyl (C=O) groups excluding carboxylic acids is 2. The van der Waals surface area contributed by atoms with Crippen LogP contribution < -0.4 is 0 Å². The highest BCUT2D eigenvalue weighted by Gasteiger charge is 2.44. The molecule has 3 aliphatic heterocycles. The number of benzene rings is 1. The minimum atomic E-state index is -0.506. The molecule has 1 spiro atoms. The lowest BCUT2D eigenvalue weighted by atomic mass is 9.88. The van der Waals surface area contributed by atoms with Crippen LogP contribution in [0.15, 0.2) is 35.6 Å². The Bertz CT molecular complexity index is 1020. The second-order valence-corrected chi connectivity index (χ2v) is 8.64. The van der Waals surface area contributed by atoms with E-state index >= 15 is 0 Å². The molecule has 8 heteroatoms. The van der Waals surface area contributed by atoms with Gasteiger partial charge in [-0.15, -0.1) is 0 Å². The molecule has 2 amide bonds. The van der Waals surface area contributed by atoms with Crippen molar-refractivity contribution < 1.29 is 19.2 Å². The molecule has 1 atom stereocenters. The number of aromatic amines is 1. The molecule has 164 valence electrons. The number of morpholine rings is 1. The number of amides is 2. The summed E-state index contributed by atoms with van der Waals surface area (Å²) in [6.07, 6.45) is 4.16. The molecule has 0 aliphatic carbocycles. The van der Waals surface area contributed by atoms with Crippen molar-refractivity contribution in [3.8, 4) is 0 Å². The fourth-order valence-electron chi connectivity index (χ4n) is 4.86. The Morgan fingerprint density at radius 3 is 2.81 bits per heavy atom. The Morgan fingerprint density at radius 2 is 2.03 bits per heavy atom. The van der Waals surface area contributed by atoms with E-state index in [2.05, 4.69) is 10.1 Å². The molecule has 0 radical (unpaired) electrons. The molecule has 1 aromatic heterocycles. The number of ether oxygens (including phenoxy) is 1. The zero-order valence-corrected chi connectivity index (χ0v) is 17.8. The lowest BCUT2D eigenvalue weighted by Crippen LogP contribution is -2.59. The molecule has 5 rings (SSSR count). The summed E-state index contributed by atoms with van der Waals surface area (Å²) in [5.74, 6) is 0.0297. The van der Waals surface area contributed by atoms with Gasteiger partial charge in [0, 0.05) is 37.6 Å². The summed E-state index contributed by atoms with van der Waals surface area (Å²) < 4.78 is 6.18. The minimum Gasteiger partial charge on any atom is -0.382 e. The van der Waals surface area contributed by atoms with Gasteiger partial charge in [0.25, 0.3) is 11.8 Å². The number of rotatable bonds is 3. The number of aromatic nitrogens is 1. The summed E-state index contributed by atoms with van der Waals surface area (Å²) in [5.41, 5.74) is 2.12. The molecule has 2 saturated heterocycles. The third-order valence-corrected chi connectivity index (χ3v) is 6.75. The van der Waals surface area contributed by atoms with Crippen LogP contribution in [-0.2, 0) is 14.4 Å². The summed E-state index contributed by atoms with van der Waals surface area (Å²) in [6, 6.07) is 7.76. The third kappa shape index (κ3) is 3.69. The first-order chi connectivity index (χ1) is 15.1. The van der Waals surface area contributed by atoms with Crippen LogP contribution in [0.25, 0.3) is 10.9 Å². The van der Waals surface area contributed by atoms with Crippen LogP contribution in [0.3, 0.4) is 0 Å². The van der Waals surface area contributed by atoms with Crippen molar-refractivity contribution in [2.24, 2.45) is 5.16 Å². The standard InChI is InChI=1S/C23H28N4O4/c1-2-17-14-19(31-25-17)22(29)27-12-13-30-23(15-27)7-10-26(11-8-23)21(28)18-5-3-4-16-6-9-24-20(16)18/h3-6,9,19,24H,2,7-8,10-15H2,1H3. The van der Waals surface area contributed by atoms with Crippen molar-refractivity contribution in [2.45, 2.75) is 44.3 Å². The summed E-state index contributed by atoms with van der Waals surface area (Å²) in [5, 5.41) is 5.06. The molecule has 3 aliphatic rings. The maximum Gasteiger partial charge on any atom is 0.267 e. The first-order valence-electron chi connectivity index (χ1n) is 11.1. The van der Waals surface area contributed by atoms with Crippen LogP contribution in [0.1, 0.15) is 43.0 Å². The van der Waals surface area contributed by atoms with Gasteiger partial charge in [0.1, 0.15) is 0 Å². The topological polar surface area (TPSA) is 87.2 Å². The number of piperidine rings is 1. The fourth-order valence-corrected chi connectivity index (χ4v) is 4.86. The highest BCUT2D eigenvalue weighted by molar-refractivity contribution is 6.05. The molecule has 0 saturated carbocycles. The zero-order chi connectivity index (χ0) is 21.4. The second kappa shape index (κ2) is 8.00. The lowest BCUT2D eigenvalue weighted by molar-refractivity contribution is -0.166. The van der Waals surface area contributed by atoms with Crippen molar-refractivity contribution in [1.29, 1.82) is 0 Å². The molecule has 31 heavy (non-hydrogen) atoms. The van der Waals surface area contributed by atoms with Gasteiger partial charge in [-0.1, -0.05) is 24.2 Å². The van der Waals surface area contributed by atoms with E-state index in [1.54, 1.807) is 0 Å². The average molecular weight is 425 g/mol. The van der Waals surface area contributed by atoms with E-state index in [0.717, 1.165) is 23.0 Å². The normalized spacial score (nSPS) is 23.1. The van der Waals surface area contributed by atoms with E-state index in [0.29, 0.717) is 57.6 Å². The summed E-state index contributed by atoms with van der Waals surface area (Å²) in [7, 11) is 0. The highest BCUT2D eigenvalue weighted by atomic mass is 16.6. The molecule has 1 N–H and O–H groups in total. The minimum absolute atomic E-state index is 0.00759. The average Bonchev–Trinajstić information content (AvgIpc) is 3.48. The van der Waals surface area contributed by atoms with Crippen LogP contribution in [0.4, 0.5) is 0 Å². The van der Waals surface area contributed by atoms with Gasteiger partial charge in [0.2, 0.25) is 6.10 Å². The van der Waals surface area contributed by atoms with Crippen molar-refractivity contribution in [3.63, 3.8) is 0 Å². The molecule has 1 aromatic carbocycles. The first kappa shape index (κ1) is 20.1. The molecular weight excluding hydrogens is 396 g/mol. The number of para-hydroxylation sites is 1. The van der Waals surface area contributed by atoms with Gasteiger partial charge in [-0.05, 0) is 31.4 Å². The number of hydrogen-bond donors (Lipinski definition) is 1. The van der Waals surface area contributed by atoms with Crippen LogP contribution in [0.5, 0.6) is 0 Å². The van der Waals surface area contributed by atoms with E-state index in [1.807, 2.05) is 47.2 Å². The van der Waals surface area contributed by atoms with E-state index in [1.165, 1.54) is 0 Å². The van der Waals surface area contributed by atoms with Crippen molar-refractivity contribution in [2.75, 3.05) is 32.8 Å². The van der Waals surface area contributed by atoms with Crippen molar-refractivity contribution in [3.05, 3.63) is 36.0 Å². The maximum absolute atomic E-state index is 13.2. The lowest BCUT2D eigenvalue weighted by Gasteiger charge is -2.47. The SMILES string of the molecule is CCC1=NOC(C(=O)N2CCOC3(CCN(C(=O)c4cccc5cc[nH]c45)CC3)C2)C1. The maximum atomic E-state index is 13.2. The van der Waals surface area contributed by atoms with Crippen LogP contribution in [0, 0.1) is 0 Å². The Kier molecular flexibility index (Phi) is 5.17. The van der Waals surface area contributed by atoms with E-state index in [9.17, 15) is 9.59 Å². The first-order valence-corrected chi connectivity index (χ1v) is 11.1. The predicted octanol–water partition coefficient (Wildman–Crippen LogP) is 2.56.